The Balaban J connectivity index is 2.12. The second-order valence-electron chi connectivity index (χ2n) is 4.53. The van der Waals surface area contributed by atoms with E-state index < -0.39 is 5.91 Å². The zero-order valence-corrected chi connectivity index (χ0v) is 12.7. The molecule has 1 aliphatic rings. The summed E-state index contributed by atoms with van der Waals surface area (Å²) >= 11 is 3.34. The summed E-state index contributed by atoms with van der Waals surface area (Å²) in [5.74, 6) is -0.263. The Bertz CT molecular complexity index is 774. The Morgan fingerprint density at radius 3 is 2.57 bits per heavy atom. The number of amides is 2. The monoisotopic (exact) mass is 346 g/mol. The number of benzene rings is 2. The van der Waals surface area contributed by atoms with Gasteiger partial charge >= 0.3 is 0 Å². The number of nitrogens with two attached hydrogens (primary N) is 1. The highest BCUT2D eigenvalue weighted by Crippen LogP contribution is 2.35. The highest BCUT2D eigenvalue weighted by atomic mass is 79.9. The van der Waals surface area contributed by atoms with Crippen LogP contribution in [0.3, 0.4) is 0 Å². The Morgan fingerprint density at radius 1 is 1.14 bits per heavy atom. The second kappa shape index (κ2) is 4.89. The fraction of sp³-hybridized carbons (Fsp3) is 0.0667. The van der Waals surface area contributed by atoms with Gasteiger partial charge in [0.05, 0.1) is 28.4 Å². The van der Waals surface area contributed by atoms with Gasteiger partial charge in [-0.25, -0.2) is 4.90 Å². The molecule has 2 aromatic rings. The van der Waals surface area contributed by atoms with Gasteiger partial charge in [0.15, 0.2) is 0 Å². The molecule has 2 aromatic carbocycles. The molecule has 0 spiro atoms. The number of carbonyl (C=O) groups is 2. The Kier molecular flexibility index (Phi) is 3.17. The molecule has 0 saturated heterocycles. The van der Waals surface area contributed by atoms with Crippen molar-refractivity contribution in [3.8, 4) is 5.75 Å². The first-order valence-electron chi connectivity index (χ1n) is 6.15. The zero-order valence-electron chi connectivity index (χ0n) is 11.1. The normalized spacial score (nSPS) is 13.5. The minimum Gasteiger partial charge on any atom is -0.495 e. The molecule has 0 aliphatic carbocycles. The van der Waals surface area contributed by atoms with Crippen LogP contribution in [0.5, 0.6) is 5.75 Å². The molecule has 1 heterocycles. The molecule has 2 N–H and O–H groups in total. The number of ether oxygens (including phenoxy) is 1. The molecule has 0 fully saturated rings. The summed E-state index contributed by atoms with van der Waals surface area (Å²) in [5, 5.41) is 0. The third kappa shape index (κ3) is 1.99. The summed E-state index contributed by atoms with van der Waals surface area (Å²) < 4.78 is 5.94. The summed E-state index contributed by atoms with van der Waals surface area (Å²) in [7, 11) is 1.52. The Hall–Kier alpha value is -2.34. The zero-order chi connectivity index (χ0) is 15.1. The van der Waals surface area contributed by atoms with Crippen LogP contribution in [0.15, 0.2) is 40.9 Å². The number of methoxy groups -OCH3 is 1. The van der Waals surface area contributed by atoms with E-state index in [-0.39, 0.29) is 11.5 Å². The van der Waals surface area contributed by atoms with Crippen molar-refractivity contribution in [3.63, 3.8) is 0 Å². The van der Waals surface area contributed by atoms with Gasteiger partial charge in [0.2, 0.25) is 0 Å². The molecule has 0 bridgehead atoms. The van der Waals surface area contributed by atoms with Crippen molar-refractivity contribution >= 4 is 39.1 Å². The van der Waals surface area contributed by atoms with Gasteiger partial charge in [0, 0.05) is 11.8 Å². The quantitative estimate of drug-likeness (QED) is 0.670. The number of anilines is 2. The Labute approximate surface area is 129 Å². The van der Waals surface area contributed by atoms with Gasteiger partial charge in [-0.3, -0.25) is 9.59 Å². The average molecular weight is 347 g/mol. The molecule has 5 nitrogen and oxygen atoms in total. The van der Waals surface area contributed by atoms with Crippen LogP contribution in [0.1, 0.15) is 20.7 Å². The molecule has 0 saturated carbocycles. The highest BCUT2D eigenvalue weighted by Gasteiger charge is 2.38. The summed E-state index contributed by atoms with van der Waals surface area (Å²) in [6.45, 7) is 0. The lowest BCUT2D eigenvalue weighted by Crippen LogP contribution is -2.29. The largest absolute Gasteiger partial charge is 0.495 e. The number of imide groups is 1. The van der Waals surface area contributed by atoms with Crippen molar-refractivity contribution in [2.24, 2.45) is 0 Å². The summed E-state index contributed by atoms with van der Waals surface area (Å²) in [6, 6.07) is 9.89. The van der Waals surface area contributed by atoms with Crippen LogP contribution in [-0.2, 0) is 0 Å². The number of hydrogen-bond acceptors (Lipinski definition) is 4. The van der Waals surface area contributed by atoms with Crippen LogP contribution < -0.4 is 15.4 Å². The molecule has 0 atom stereocenters. The molecular weight excluding hydrogens is 336 g/mol. The third-order valence-corrected chi connectivity index (χ3v) is 4.00. The standard InChI is InChI=1S/C15H11BrN2O3/c1-21-12-7-8(5-6-10(12)16)18-14(19)9-3-2-4-11(17)13(9)15(18)20/h2-7H,17H2,1H3. The van der Waals surface area contributed by atoms with Crippen LogP contribution in [0.25, 0.3) is 0 Å². The van der Waals surface area contributed by atoms with Crippen molar-refractivity contribution in [1.29, 1.82) is 0 Å². The van der Waals surface area contributed by atoms with E-state index in [0.29, 0.717) is 22.7 Å². The van der Waals surface area contributed by atoms with Gasteiger partial charge in [-0.05, 0) is 40.2 Å². The topological polar surface area (TPSA) is 72.6 Å². The van der Waals surface area contributed by atoms with Crippen LogP contribution in [-0.4, -0.2) is 18.9 Å². The molecule has 0 radical (unpaired) electrons. The first-order valence-corrected chi connectivity index (χ1v) is 6.94. The van der Waals surface area contributed by atoms with Gasteiger partial charge in [-0.15, -0.1) is 0 Å². The van der Waals surface area contributed by atoms with Gasteiger partial charge < -0.3 is 10.5 Å². The third-order valence-electron chi connectivity index (χ3n) is 3.34. The number of hydrogen-bond donors (Lipinski definition) is 1. The maximum absolute atomic E-state index is 12.5. The van der Waals surface area contributed by atoms with Gasteiger partial charge in [0.1, 0.15) is 5.75 Å². The second-order valence-corrected chi connectivity index (χ2v) is 5.39. The Morgan fingerprint density at radius 2 is 1.90 bits per heavy atom. The minimum absolute atomic E-state index is 0.254. The van der Waals surface area contributed by atoms with E-state index in [0.717, 1.165) is 9.37 Å². The van der Waals surface area contributed by atoms with Crippen LogP contribution >= 0.6 is 15.9 Å². The van der Waals surface area contributed by atoms with E-state index in [9.17, 15) is 9.59 Å². The molecule has 1 aliphatic heterocycles. The smallest absolute Gasteiger partial charge is 0.268 e. The molecule has 3 rings (SSSR count). The average Bonchev–Trinajstić information content (AvgIpc) is 2.73. The fourth-order valence-electron chi connectivity index (χ4n) is 2.33. The van der Waals surface area contributed by atoms with Crippen molar-refractivity contribution in [1.82, 2.24) is 0 Å². The number of fused-ring (bicyclic) bond motifs is 1. The van der Waals surface area contributed by atoms with Crippen LogP contribution in [0.2, 0.25) is 0 Å². The molecule has 106 valence electrons. The predicted molar refractivity (Wildman–Crippen MR) is 82.7 cm³/mol. The van der Waals surface area contributed by atoms with Crippen molar-refractivity contribution < 1.29 is 14.3 Å². The summed E-state index contributed by atoms with van der Waals surface area (Å²) in [5.41, 5.74) is 7.14. The maximum atomic E-state index is 12.5. The van der Waals surface area contributed by atoms with E-state index >= 15 is 0 Å². The van der Waals surface area contributed by atoms with Gasteiger partial charge in [0.25, 0.3) is 11.8 Å². The molecule has 6 heteroatoms. The predicted octanol–water partition coefficient (Wildman–Crippen LogP) is 2.84. The van der Waals surface area contributed by atoms with E-state index in [1.54, 1.807) is 36.4 Å². The lowest BCUT2D eigenvalue weighted by molar-refractivity contribution is 0.0926. The van der Waals surface area contributed by atoms with E-state index in [2.05, 4.69) is 15.9 Å². The van der Waals surface area contributed by atoms with E-state index in [4.69, 9.17) is 10.5 Å². The highest BCUT2D eigenvalue weighted by molar-refractivity contribution is 9.10. The maximum Gasteiger partial charge on any atom is 0.268 e. The minimum atomic E-state index is -0.419. The number of nitrogens with zero attached hydrogens (tertiary/aromatic N) is 1. The van der Waals surface area contributed by atoms with Gasteiger partial charge in [-0.2, -0.15) is 0 Å². The number of carbonyl (C=O) groups excluding carboxylic acids is 2. The van der Waals surface area contributed by atoms with Gasteiger partial charge in [-0.1, -0.05) is 6.07 Å². The summed E-state index contributed by atoms with van der Waals surface area (Å²) in [4.78, 5) is 26.0. The van der Waals surface area contributed by atoms with Crippen molar-refractivity contribution in [2.75, 3.05) is 17.7 Å². The molecular formula is C15H11BrN2O3. The SMILES string of the molecule is COc1cc(N2C(=O)c3cccc(N)c3C2=O)ccc1Br. The van der Waals surface area contributed by atoms with Crippen molar-refractivity contribution in [2.45, 2.75) is 0 Å². The lowest BCUT2D eigenvalue weighted by atomic mass is 10.1. The molecule has 0 unspecified atom stereocenters. The van der Waals surface area contributed by atoms with Crippen LogP contribution in [0, 0.1) is 0 Å². The number of rotatable bonds is 2. The molecule has 21 heavy (non-hydrogen) atoms. The fourth-order valence-corrected chi connectivity index (χ4v) is 2.74. The number of nitrogen functional groups attached to an aromatic ring is 1. The van der Waals surface area contributed by atoms with E-state index in [1.165, 1.54) is 7.11 Å². The number of halogens is 1. The first kappa shape index (κ1) is 13.6. The summed E-state index contributed by atoms with van der Waals surface area (Å²) in [6.07, 6.45) is 0. The van der Waals surface area contributed by atoms with Crippen LogP contribution in [0.4, 0.5) is 11.4 Å². The first-order chi connectivity index (χ1) is 10.0. The van der Waals surface area contributed by atoms with E-state index in [1.807, 2.05) is 0 Å². The lowest BCUT2D eigenvalue weighted by Gasteiger charge is -2.15. The van der Waals surface area contributed by atoms with Crippen molar-refractivity contribution in [3.05, 3.63) is 52.0 Å². The molecule has 0 aromatic heterocycles. The molecule has 2 amide bonds.